The standard InChI is InChI=1S/C9H13N3O4S/c1-17(15,16)11-3-2-8(6-11)12-5-7(4-10-12)9(13)14/h4-5,8H,2-3,6H2,1H3,(H,13,14)/t8-/m1/s1. The van der Waals surface area contributed by atoms with Crippen LogP contribution in [-0.4, -0.2) is 52.9 Å². The predicted octanol–water partition coefficient (Wildman–Crippen LogP) is -0.212. The fourth-order valence-electron chi connectivity index (χ4n) is 1.88. The van der Waals surface area contributed by atoms with E-state index in [4.69, 9.17) is 5.11 Å². The molecule has 0 aromatic carbocycles. The van der Waals surface area contributed by atoms with E-state index in [0.29, 0.717) is 19.5 Å². The van der Waals surface area contributed by atoms with E-state index >= 15 is 0 Å². The lowest BCUT2D eigenvalue weighted by atomic mass is 10.3. The Kier molecular flexibility index (Phi) is 2.92. The molecule has 2 rings (SSSR count). The molecule has 0 bridgehead atoms. The molecule has 0 aliphatic carbocycles. The topological polar surface area (TPSA) is 92.5 Å². The van der Waals surface area contributed by atoms with Gasteiger partial charge in [0, 0.05) is 19.3 Å². The number of carbonyl (C=O) groups is 1. The van der Waals surface area contributed by atoms with Gasteiger partial charge in [0.1, 0.15) is 0 Å². The Morgan fingerprint density at radius 1 is 1.59 bits per heavy atom. The highest BCUT2D eigenvalue weighted by Gasteiger charge is 2.30. The van der Waals surface area contributed by atoms with E-state index in [9.17, 15) is 13.2 Å². The number of rotatable bonds is 3. The van der Waals surface area contributed by atoms with Crippen LogP contribution in [0, 0.1) is 0 Å². The van der Waals surface area contributed by atoms with Crippen LogP contribution in [0.15, 0.2) is 12.4 Å². The van der Waals surface area contributed by atoms with E-state index < -0.39 is 16.0 Å². The maximum Gasteiger partial charge on any atom is 0.338 e. The van der Waals surface area contributed by atoms with Gasteiger partial charge < -0.3 is 5.11 Å². The first-order valence-corrected chi connectivity index (χ1v) is 6.95. The molecule has 0 unspecified atom stereocenters. The molecule has 1 aliphatic rings. The van der Waals surface area contributed by atoms with Gasteiger partial charge in [0.15, 0.2) is 0 Å². The van der Waals surface area contributed by atoms with E-state index in [1.807, 2.05) is 0 Å². The minimum absolute atomic E-state index is 0.0853. The summed E-state index contributed by atoms with van der Waals surface area (Å²) in [6, 6.07) is -0.0853. The number of hydrogen-bond acceptors (Lipinski definition) is 4. The van der Waals surface area contributed by atoms with Crippen molar-refractivity contribution in [3.63, 3.8) is 0 Å². The molecule has 1 aromatic heterocycles. The number of hydrogen-bond donors (Lipinski definition) is 1. The molecule has 1 aliphatic heterocycles. The maximum atomic E-state index is 11.3. The minimum atomic E-state index is -3.18. The summed E-state index contributed by atoms with van der Waals surface area (Å²) >= 11 is 0. The normalized spacial score (nSPS) is 21.8. The molecular weight excluding hydrogens is 246 g/mol. The quantitative estimate of drug-likeness (QED) is 0.810. The number of sulfonamides is 1. The van der Waals surface area contributed by atoms with Crippen molar-refractivity contribution in [2.45, 2.75) is 12.5 Å². The third kappa shape index (κ3) is 2.47. The summed E-state index contributed by atoms with van der Waals surface area (Å²) in [5.74, 6) is -1.03. The molecule has 17 heavy (non-hydrogen) atoms. The van der Waals surface area contributed by atoms with Crippen LogP contribution in [0.1, 0.15) is 22.8 Å². The molecule has 1 atom stereocenters. The van der Waals surface area contributed by atoms with Crippen LogP contribution in [0.3, 0.4) is 0 Å². The third-order valence-corrected chi connectivity index (χ3v) is 4.09. The van der Waals surface area contributed by atoms with Crippen LogP contribution >= 0.6 is 0 Å². The second-order valence-electron chi connectivity index (χ2n) is 4.08. The van der Waals surface area contributed by atoms with E-state index in [0.717, 1.165) is 0 Å². The molecule has 1 fully saturated rings. The predicted molar refractivity (Wildman–Crippen MR) is 59.3 cm³/mol. The van der Waals surface area contributed by atoms with Crippen LogP contribution in [0.5, 0.6) is 0 Å². The van der Waals surface area contributed by atoms with Crippen LogP contribution < -0.4 is 0 Å². The smallest absolute Gasteiger partial charge is 0.338 e. The second kappa shape index (κ2) is 4.11. The first-order valence-electron chi connectivity index (χ1n) is 5.10. The third-order valence-electron chi connectivity index (χ3n) is 2.82. The number of aromatic carboxylic acids is 1. The van der Waals surface area contributed by atoms with Crippen molar-refractivity contribution in [1.29, 1.82) is 0 Å². The lowest BCUT2D eigenvalue weighted by Crippen LogP contribution is -2.28. The Morgan fingerprint density at radius 2 is 2.29 bits per heavy atom. The minimum Gasteiger partial charge on any atom is -0.478 e. The summed E-state index contributed by atoms with van der Waals surface area (Å²) in [5.41, 5.74) is 0.114. The van der Waals surface area contributed by atoms with Crippen molar-refractivity contribution in [3.05, 3.63) is 18.0 Å². The summed E-state index contributed by atoms with van der Waals surface area (Å²) in [6.07, 6.45) is 4.51. The number of carboxylic acid groups (broad SMARTS) is 1. The van der Waals surface area contributed by atoms with Crippen molar-refractivity contribution < 1.29 is 18.3 Å². The molecule has 0 spiro atoms. The molecular formula is C9H13N3O4S. The van der Waals surface area contributed by atoms with Crippen LogP contribution in [-0.2, 0) is 10.0 Å². The zero-order chi connectivity index (χ0) is 12.6. The molecule has 0 amide bonds. The molecule has 94 valence electrons. The molecule has 0 radical (unpaired) electrons. The van der Waals surface area contributed by atoms with Crippen molar-refractivity contribution in [2.75, 3.05) is 19.3 Å². The molecule has 7 nitrogen and oxygen atoms in total. The van der Waals surface area contributed by atoms with Gasteiger partial charge in [0.25, 0.3) is 0 Å². The van der Waals surface area contributed by atoms with Gasteiger partial charge in [0.2, 0.25) is 10.0 Å². The highest BCUT2D eigenvalue weighted by Crippen LogP contribution is 2.22. The Balaban J connectivity index is 2.12. The average molecular weight is 259 g/mol. The Morgan fingerprint density at radius 3 is 2.76 bits per heavy atom. The van der Waals surface area contributed by atoms with Gasteiger partial charge in [-0.1, -0.05) is 0 Å². The monoisotopic (exact) mass is 259 g/mol. The molecule has 2 heterocycles. The summed E-state index contributed by atoms with van der Waals surface area (Å²) < 4.78 is 25.5. The van der Waals surface area contributed by atoms with Crippen LogP contribution in [0.25, 0.3) is 0 Å². The van der Waals surface area contributed by atoms with Gasteiger partial charge in [-0.05, 0) is 6.42 Å². The van der Waals surface area contributed by atoms with Gasteiger partial charge in [-0.3, -0.25) is 4.68 Å². The molecule has 0 saturated carbocycles. The zero-order valence-electron chi connectivity index (χ0n) is 9.28. The van der Waals surface area contributed by atoms with E-state index in [1.165, 1.54) is 27.6 Å². The first-order chi connectivity index (χ1) is 7.88. The number of nitrogens with zero attached hydrogens (tertiary/aromatic N) is 3. The van der Waals surface area contributed by atoms with Crippen LogP contribution in [0.4, 0.5) is 0 Å². The van der Waals surface area contributed by atoms with Crippen molar-refractivity contribution >= 4 is 16.0 Å². The summed E-state index contributed by atoms with van der Waals surface area (Å²) in [6.45, 7) is 0.797. The van der Waals surface area contributed by atoms with Gasteiger partial charge in [0.05, 0.1) is 24.1 Å². The summed E-state index contributed by atoms with van der Waals surface area (Å²) in [4.78, 5) is 10.7. The van der Waals surface area contributed by atoms with Crippen molar-refractivity contribution in [2.24, 2.45) is 0 Å². The largest absolute Gasteiger partial charge is 0.478 e. The highest BCUT2D eigenvalue weighted by atomic mass is 32.2. The fourth-order valence-corrected chi connectivity index (χ4v) is 2.76. The van der Waals surface area contributed by atoms with E-state index in [1.54, 1.807) is 0 Å². The van der Waals surface area contributed by atoms with Gasteiger partial charge >= 0.3 is 5.97 Å². The Labute approximate surface area is 98.7 Å². The highest BCUT2D eigenvalue weighted by molar-refractivity contribution is 7.88. The van der Waals surface area contributed by atoms with Crippen molar-refractivity contribution in [3.8, 4) is 0 Å². The second-order valence-corrected chi connectivity index (χ2v) is 6.06. The lowest BCUT2D eigenvalue weighted by Gasteiger charge is -2.13. The van der Waals surface area contributed by atoms with E-state index in [-0.39, 0.29) is 11.6 Å². The number of carboxylic acids is 1. The molecule has 8 heteroatoms. The summed E-state index contributed by atoms with van der Waals surface area (Å²) in [5, 5.41) is 12.7. The first kappa shape index (κ1) is 12.1. The Bertz CT molecular complexity index is 536. The lowest BCUT2D eigenvalue weighted by molar-refractivity contribution is 0.0696. The Hall–Kier alpha value is -1.41. The zero-order valence-corrected chi connectivity index (χ0v) is 10.1. The number of aromatic nitrogens is 2. The van der Waals surface area contributed by atoms with E-state index in [2.05, 4.69) is 5.10 Å². The van der Waals surface area contributed by atoms with Gasteiger partial charge in [-0.2, -0.15) is 9.40 Å². The summed E-state index contributed by atoms with van der Waals surface area (Å²) in [7, 11) is -3.18. The molecule has 1 N–H and O–H groups in total. The van der Waals surface area contributed by atoms with Gasteiger partial charge in [-0.25, -0.2) is 13.2 Å². The van der Waals surface area contributed by atoms with Crippen molar-refractivity contribution in [1.82, 2.24) is 14.1 Å². The SMILES string of the molecule is CS(=O)(=O)N1CC[C@@H](n2cc(C(=O)O)cn2)C1. The molecule has 1 saturated heterocycles. The van der Waals surface area contributed by atoms with Gasteiger partial charge in [-0.15, -0.1) is 0 Å². The van der Waals surface area contributed by atoms with Crippen LogP contribution in [0.2, 0.25) is 0 Å². The molecule has 1 aromatic rings. The maximum absolute atomic E-state index is 11.3. The average Bonchev–Trinajstić information content (AvgIpc) is 2.85. The fraction of sp³-hybridized carbons (Fsp3) is 0.556.